The number of rotatable bonds is 7. The standard InChI is InChI=1S/C27H30O3.C27H30O2.C26H28O3/c1-16-12-22-23(27(4,5)11-10-26(22,2)3)14-21(16)24-19(15-28)7-6-17-13-18(25(29)30)8-9-20(17)24;1-16-7-8-18-14-19(25(28)29)9-10-20(18)24(16)21-15-23-22(13-17(21)2)26(3,4)11-12-27(23,5)6;1-15-12-20-21(26(4,5)11-10-25(20,2)3)14-19(15)23-18-8-6-17(24(28)29)13-16(18)7-9-22(23)27/h6-9,12-14,28H,10-11,15H2,1-5H3,(H,29,30);7-10,13-15H,11-12H2,1-6H3,(H,28,29);6-9,12-14,27H,10-11H2,1-5H3,(H,28,29). The number of aliphatic hydroxyl groups is 1. The van der Waals surface area contributed by atoms with Gasteiger partial charge in [-0.25, -0.2) is 14.4 Å². The van der Waals surface area contributed by atoms with Crippen molar-refractivity contribution in [3.05, 3.63) is 205 Å². The predicted octanol–water partition coefficient (Wildman–Crippen LogP) is 20.1. The number of aryl methyl sites for hydroxylation is 4. The molecule has 9 aromatic carbocycles. The molecule has 0 unspecified atom stereocenters. The fourth-order valence-corrected chi connectivity index (χ4v) is 14.6. The van der Waals surface area contributed by atoms with Crippen LogP contribution in [-0.2, 0) is 39.1 Å². The molecular formula is C80H88O8. The average Bonchev–Trinajstić information content (AvgIpc) is 0.775. The molecule has 9 aromatic rings. The molecule has 0 aliphatic heterocycles. The summed E-state index contributed by atoms with van der Waals surface area (Å²) in [4.78, 5) is 34.2. The van der Waals surface area contributed by atoms with Crippen LogP contribution in [-0.4, -0.2) is 43.4 Å². The highest BCUT2D eigenvalue weighted by atomic mass is 16.4. The Kier molecular flexibility index (Phi) is 16.1. The molecule has 0 spiro atoms. The Morgan fingerprint density at radius 1 is 0.341 bits per heavy atom. The predicted molar refractivity (Wildman–Crippen MR) is 361 cm³/mol. The highest BCUT2D eigenvalue weighted by molar-refractivity contribution is 6.05. The third-order valence-corrected chi connectivity index (χ3v) is 20.6. The molecule has 5 N–H and O–H groups in total. The zero-order chi connectivity index (χ0) is 64.1. The maximum Gasteiger partial charge on any atom is 0.335 e. The second-order valence-corrected chi connectivity index (χ2v) is 29.6. The zero-order valence-electron chi connectivity index (χ0n) is 54.5. The van der Waals surface area contributed by atoms with Gasteiger partial charge in [-0.05, 0) is 269 Å². The molecule has 8 nitrogen and oxygen atoms in total. The van der Waals surface area contributed by atoms with Crippen molar-refractivity contribution in [3.8, 4) is 39.1 Å². The number of benzene rings is 9. The fraction of sp³-hybridized carbons (Fsp3) is 0.362. The Bertz CT molecular complexity index is 4170. The molecule has 88 heavy (non-hydrogen) atoms. The highest BCUT2D eigenvalue weighted by Gasteiger charge is 2.41. The summed E-state index contributed by atoms with van der Waals surface area (Å²) in [6.07, 6.45) is 6.98. The van der Waals surface area contributed by atoms with Crippen molar-refractivity contribution in [2.24, 2.45) is 0 Å². The molecule has 8 heteroatoms. The van der Waals surface area contributed by atoms with Gasteiger partial charge in [-0.2, -0.15) is 0 Å². The first-order valence-electron chi connectivity index (χ1n) is 31.2. The summed E-state index contributed by atoms with van der Waals surface area (Å²) in [7, 11) is 0. The van der Waals surface area contributed by atoms with Crippen LogP contribution in [0.1, 0.15) is 214 Å². The molecular weight excluding hydrogens is 1090 g/mol. The minimum atomic E-state index is -0.949. The summed E-state index contributed by atoms with van der Waals surface area (Å²) in [5.41, 5.74) is 22.2. The van der Waals surface area contributed by atoms with Crippen LogP contribution in [0.25, 0.3) is 65.7 Å². The molecule has 0 fully saturated rings. The van der Waals surface area contributed by atoms with Crippen LogP contribution in [0.2, 0.25) is 0 Å². The number of hydrogen-bond donors (Lipinski definition) is 5. The molecule has 0 saturated carbocycles. The summed E-state index contributed by atoms with van der Waals surface area (Å²) in [6.45, 7) is 36.4. The van der Waals surface area contributed by atoms with Crippen molar-refractivity contribution in [1.29, 1.82) is 0 Å². The monoisotopic (exact) mass is 1180 g/mol. The molecule has 0 atom stereocenters. The topological polar surface area (TPSA) is 152 Å². The highest BCUT2D eigenvalue weighted by Crippen LogP contribution is 2.52. The number of fused-ring (bicyclic) bond motifs is 6. The maximum atomic E-state index is 11.4. The van der Waals surface area contributed by atoms with Crippen molar-refractivity contribution in [2.75, 3.05) is 0 Å². The lowest BCUT2D eigenvalue weighted by Crippen LogP contribution is -2.34. The van der Waals surface area contributed by atoms with E-state index in [4.69, 9.17) is 0 Å². The van der Waals surface area contributed by atoms with Crippen molar-refractivity contribution in [2.45, 2.75) is 188 Å². The molecule has 0 aromatic heterocycles. The Hall–Kier alpha value is -8.07. The number of hydrogen-bond acceptors (Lipinski definition) is 5. The number of carbonyl (C=O) groups is 3. The van der Waals surface area contributed by atoms with Gasteiger partial charge in [-0.15, -0.1) is 0 Å². The minimum absolute atomic E-state index is 0.0582. The smallest absolute Gasteiger partial charge is 0.335 e. The summed E-state index contributed by atoms with van der Waals surface area (Å²) in [5, 5.41) is 54.6. The van der Waals surface area contributed by atoms with E-state index in [0.29, 0.717) is 5.56 Å². The van der Waals surface area contributed by atoms with E-state index >= 15 is 0 Å². The Labute approximate surface area is 520 Å². The van der Waals surface area contributed by atoms with E-state index in [-0.39, 0.29) is 56.0 Å². The minimum Gasteiger partial charge on any atom is -0.507 e. The van der Waals surface area contributed by atoms with Gasteiger partial charge in [0.15, 0.2) is 0 Å². The van der Waals surface area contributed by atoms with Gasteiger partial charge in [-0.1, -0.05) is 162 Å². The summed E-state index contributed by atoms with van der Waals surface area (Å²) < 4.78 is 0. The van der Waals surface area contributed by atoms with Crippen LogP contribution in [0.15, 0.2) is 127 Å². The zero-order valence-corrected chi connectivity index (χ0v) is 54.5. The van der Waals surface area contributed by atoms with Crippen molar-refractivity contribution in [3.63, 3.8) is 0 Å². The largest absolute Gasteiger partial charge is 0.507 e. The number of carboxylic acid groups (broad SMARTS) is 3. The molecule has 0 saturated heterocycles. The Morgan fingerprint density at radius 3 is 0.966 bits per heavy atom. The summed E-state index contributed by atoms with van der Waals surface area (Å²) >= 11 is 0. The summed E-state index contributed by atoms with van der Waals surface area (Å²) in [5.74, 6) is -2.55. The lowest BCUT2D eigenvalue weighted by Gasteiger charge is -2.42. The van der Waals surface area contributed by atoms with E-state index in [2.05, 4.69) is 153 Å². The van der Waals surface area contributed by atoms with E-state index in [0.717, 1.165) is 85.0 Å². The van der Waals surface area contributed by atoms with Crippen LogP contribution >= 0.6 is 0 Å². The normalized spacial score (nSPS) is 17.1. The van der Waals surface area contributed by atoms with Crippen molar-refractivity contribution >= 4 is 50.2 Å². The molecule has 0 amide bonds. The number of carboxylic acids is 3. The van der Waals surface area contributed by atoms with Gasteiger partial charge in [0.25, 0.3) is 0 Å². The maximum absolute atomic E-state index is 11.4. The Balaban J connectivity index is 0.000000146. The van der Waals surface area contributed by atoms with Crippen molar-refractivity contribution < 1.29 is 39.9 Å². The second kappa shape index (κ2) is 22.5. The van der Waals surface area contributed by atoms with E-state index in [1.165, 1.54) is 80.5 Å². The van der Waals surface area contributed by atoms with Gasteiger partial charge in [0.2, 0.25) is 0 Å². The first-order valence-corrected chi connectivity index (χ1v) is 31.2. The van der Waals surface area contributed by atoms with Crippen LogP contribution in [0.4, 0.5) is 0 Å². The van der Waals surface area contributed by atoms with E-state index in [9.17, 15) is 39.9 Å². The van der Waals surface area contributed by atoms with E-state index < -0.39 is 17.9 Å². The third kappa shape index (κ3) is 11.4. The number of aromatic hydroxyl groups is 1. The number of phenols is 1. The van der Waals surface area contributed by atoms with Crippen LogP contribution in [0.3, 0.4) is 0 Å². The lowest BCUT2D eigenvalue weighted by molar-refractivity contribution is 0.0686. The lowest BCUT2D eigenvalue weighted by atomic mass is 9.62. The number of aromatic carboxylic acids is 3. The molecule has 456 valence electrons. The molecule has 3 aliphatic carbocycles. The fourth-order valence-electron chi connectivity index (χ4n) is 14.6. The van der Waals surface area contributed by atoms with Crippen LogP contribution < -0.4 is 0 Å². The average molecular weight is 1180 g/mol. The first-order chi connectivity index (χ1) is 41.1. The molecule has 0 radical (unpaired) electrons. The number of aliphatic hydroxyl groups excluding tert-OH is 1. The van der Waals surface area contributed by atoms with Gasteiger partial charge in [-0.3, -0.25) is 0 Å². The second-order valence-electron chi connectivity index (χ2n) is 29.6. The van der Waals surface area contributed by atoms with E-state index in [1.54, 1.807) is 48.5 Å². The Morgan fingerprint density at radius 2 is 0.625 bits per heavy atom. The molecule has 0 bridgehead atoms. The molecule has 3 aliphatic rings. The van der Waals surface area contributed by atoms with Gasteiger partial charge < -0.3 is 25.5 Å². The quantitative estimate of drug-likeness (QED) is 0.106. The van der Waals surface area contributed by atoms with Gasteiger partial charge >= 0.3 is 17.9 Å². The van der Waals surface area contributed by atoms with Crippen LogP contribution in [0.5, 0.6) is 5.75 Å². The van der Waals surface area contributed by atoms with Gasteiger partial charge in [0, 0.05) is 5.56 Å². The van der Waals surface area contributed by atoms with Gasteiger partial charge in [0.1, 0.15) is 5.75 Å². The van der Waals surface area contributed by atoms with Gasteiger partial charge in [0.05, 0.1) is 23.3 Å². The van der Waals surface area contributed by atoms with Crippen molar-refractivity contribution in [1.82, 2.24) is 0 Å². The third-order valence-electron chi connectivity index (χ3n) is 20.6. The first kappa shape index (κ1) is 63.0. The number of phenolic OH excluding ortho intramolecular Hbond substituents is 1. The SMILES string of the molecule is Cc1cc2c(cc1-c1c(C)ccc3cc(C(=O)O)ccc13)C(C)(C)CCC2(C)C.Cc1cc2c(cc1-c1c(CO)ccc3cc(C(=O)O)ccc13)C(C)(C)CCC2(C)C.Cc1cc2c(cc1-c1c(O)ccc3cc(C(=O)O)ccc13)C(C)(C)CCC2(C)C. The van der Waals surface area contributed by atoms with Crippen LogP contribution in [0, 0.1) is 27.7 Å². The van der Waals surface area contributed by atoms with E-state index in [1.807, 2.05) is 36.4 Å². The molecule has 0 heterocycles. The summed E-state index contributed by atoms with van der Waals surface area (Å²) in [6, 6.07) is 41.2. The molecule has 12 rings (SSSR count).